The van der Waals surface area contributed by atoms with Gasteiger partial charge in [0.25, 0.3) is 0 Å². The summed E-state index contributed by atoms with van der Waals surface area (Å²) >= 11 is 0. The van der Waals surface area contributed by atoms with Crippen LogP contribution in [-0.2, 0) is 11.3 Å². The molecule has 0 saturated carbocycles. The Morgan fingerprint density at radius 2 is 1.87 bits per heavy atom. The number of anilines is 4. The molecular weight excluding hydrogens is 380 g/mol. The van der Waals surface area contributed by atoms with Crippen LogP contribution in [0.2, 0.25) is 0 Å². The third-order valence-electron chi connectivity index (χ3n) is 4.93. The first-order chi connectivity index (χ1) is 14.8. The SMILES string of the molecule is c1ccc(CNc2nc(Nc3ccc(N4CCOCC4)nc3)nc3nc[nH]c23)cc1. The van der Waals surface area contributed by atoms with E-state index in [4.69, 9.17) is 4.74 Å². The molecule has 4 heterocycles. The number of hydrogen-bond acceptors (Lipinski definition) is 8. The summed E-state index contributed by atoms with van der Waals surface area (Å²) in [6.07, 6.45) is 3.41. The monoisotopic (exact) mass is 402 g/mol. The number of nitrogens with one attached hydrogen (secondary N) is 3. The van der Waals surface area contributed by atoms with Gasteiger partial charge in [-0.25, -0.2) is 9.97 Å². The van der Waals surface area contributed by atoms with Crippen LogP contribution < -0.4 is 15.5 Å². The summed E-state index contributed by atoms with van der Waals surface area (Å²) in [4.78, 5) is 23.3. The molecule has 0 unspecified atom stereocenters. The molecule has 3 N–H and O–H groups in total. The van der Waals surface area contributed by atoms with Gasteiger partial charge in [-0.1, -0.05) is 30.3 Å². The minimum atomic E-state index is 0.464. The van der Waals surface area contributed by atoms with Crippen LogP contribution in [0.1, 0.15) is 5.56 Å². The molecule has 0 amide bonds. The van der Waals surface area contributed by atoms with E-state index in [9.17, 15) is 0 Å². The van der Waals surface area contributed by atoms with Crippen LogP contribution in [0.4, 0.5) is 23.3 Å². The van der Waals surface area contributed by atoms with Crippen LogP contribution in [0.5, 0.6) is 0 Å². The molecular formula is C21H22N8O. The standard InChI is InChI=1S/C21H22N8O/c1-2-4-15(5-3-1)12-23-19-18-20(25-14-24-18)28-21(27-19)26-16-6-7-17(22-13-16)29-8-10-30-11-9-29/h1-7,13-14H,8-12H2,(H3,23,24,25,26,27,28). The summed E-state index contributed by atoms with van der Waals surface area (Å²) in [5, 5.41) is 6.60. The molecule has 5 rings (SSSR count). The molecule has 0 bridgehead atoms. The van der Waals surface area contributed by atoms with Crippen LogP contribution in [0.15, 0.2) is 55.0 Å². The maximum absolute atomic E-state index is 5.40. The Hall–Kier alpha value is -3.72. The molecule has 1 aromatic carbocycles. The van der Waals surface area contributed by atoms with Crippen LogP contribution in [0.25, 0.3) is 11.2 Å². The van der Waals surface area contributed by atoms with E-state index in [0.29, 0.717) is 24.0 Å². The Balaban J connectivity index is 1.34. The molecule has 1 aliphatic heterocycles. The zero-order valence-corrected chi connectivity index (χ0v) is 16.4. The predicted molar refractivity (Wildman–Crippen MR) is 116 cm³/mol. The summed E-state index contributed by atoms with van der Waals surface area (Å²) in [5.74, 6) is 2.10. The zero-order chi connectivity index (χ0) is 20.2. The maximum atomic E-state index is 5.40. The van der Waals surface area contributed by atoms with Gasteiger partial charge in [0.15, 0.2) is 11.5 Å². The van der Waals surface area contributed by atoms with Crippen molar-refractivity contribution in [3.05, 3.63) is 60.6 Å². The van der Waals surface area contributed by atoms with Crippen molar-refractivity contribution in [1.82, 2.24) is 24.9 Å². The third kappa shape index (κ3) is 4.01. The lowest BCUT2D eigenvalue weighted by molar-refractivity contribution is 0.122. The minimum absolute atomic E-state index is 0.464. The highest BCUT2D eigenvalue weighted by Gasteiger charge is 2.13. The Bertz CT molecular complexity index is 1110. The number of benzene rings is 1. The van der Waals surface area contributed by atoms with Crippen LogP contribution in [-0.4, -0.2) is 51.2 Å². The minimum Gasteiger partial charge on any atom is -0.378 e. The van der Waals surface area contributed by atoms with Crippen molar-refractivity contribution in [2.75, 3.05) is 41.8 Å². The Labute approximate surface area is 173 Å². The number of H-pyrrole nitrogens is 1. The first-order valence-electron chi connectivity index (χ1n) is 9.90. The van der Waals surface area contributed by atoms with Gasteiger partial charge in [0.05, 0.1) is 31.4 Å². The summed E-state index contributed by atoms with van der Waals surface area (Å²) in [6.45, 7) is 3.83. The lowest BCUT2D eigenvalue weighted by atomic mass is 10.2. The van der Waals surface area contributed by atoms with Gasteiger partial charge in [-0.15, -0.1) is 0 Å². The van der Waals surface area contributed by atoms with E-state index in [-0.39, 0.29) is 0 Å². The quantitative estimate of drug-likeness (QED) is 0.452. The van der Waals surface area contributed by atoms with Gasteiger partial charge in [-0.2, -0.15) is 9.97 Å². The highest BCUT2D eigenvalue weighted by molar-refractivity contribution is 5.84. The zero-order valence-electron chi connectivity index (χ0n) is 16.4. The summed E-state index contributed by atoms with van der Waals surface area (Å²) in [5.41, 5.74) is 3.36. The smallest absolute Gasteiger partial charge is 0.231 e. The van der Waals surface area contributed by atoms with Gasteiger partial charge < -0.3 is 25.3 Å². The molecule has 1 aliphatic rings. The molecule has 1 fully saturated rings. The lowest BCUT2D eigenvalue weighted by Gasteiger charge is -2.27. The van der Waals surface area contributed by atoms with Crippen molar-refractivity contribution < 1.29 is 4.74 Å². The number of pyridine rings is 1. The second kappa shape index (κ2) is 8.34. The first-order valence-corrected chi connectivity index (χ1v) is 9.90. The molecule has 152 valence electrons. The van der Waals surface area contributed by atoms with E-state index in [1.54, 1.807) is 12.5 Å². The summed E-state index contributed by atoms with van der Waals surface area (Å²) in [6, 6.07) is 14.1. The van der Waals surface area contributed by atoms with Crippen molar-refractivity contribution in [1.29, 1.82) is 0 Å². The van der Waals surface area contributed by atoms with E-state index < -0.39 is 0 Å². The van der Waals surface area contributed by atoms with E-state index >= 15 is 0 Å². The Kier molecular flexibility index (Phi) is 5.09. The first kappa shape index (κ1) is 18.3. The third-order valence-corrected chi connectivity index (χ3v) is 4.93. The van der Waals surface area contributed by atoms with Gasteiger partial charge in [0, 0.05) is 19.6 Å². The van der Waals surface area contributed by atoms with Crippen molar-refractivity contribution in [2.45, 2.75) is 6.54 Å². The van der Waals surface area contributed by atoms with Gasteiger partial charge in [0.1, 0.15) is 11.3 Å². The molecule has 30 heavy (non-hydrogen) atoms. The number of rotatable bonds is 6. The number of ether oxygens (including phenoxy) is 1. The second-order valence-electron chi connectivity index (χ2n) is 6.97. The average Bonchev–Trinajstić information content (AvgIpc) is 3.28. The normalized spacial score (nSPS) is 14.1. The van der Waals surface area contributed by atoms with Crippen molar-refractivity contribution in [2.24, 2.45) is 0 Å². The highest BCUT2D eigenvalue weighted by atomic mass is 16.5. The second-order valence-corrected chi connectivity index (χ2v) is 6.97. The van der Waals surface area contributed by atoms with Crippen molar-refractivity contribution in [3.63, 3.8) is 0 Å². The number of imidazole rings is 1. The number of fused-ring (bicyclic) bond motifs is 1. The molecule has 9 nitrogen and oxygen atoms in total. The van der Waals surface area contributed by atoms with E-state index in [1.807, 2.05) is 30.3 Å². The molecule has 0 spiro atoms. The van der Waals surface area contributed by atoms with Crippen LogP contribution >= 0.6 is 0 Å². The topological polar surface area (TPSA) is 104 Å². The van der Waals surface area contributed by atoms with Crippen molar-refractivity contribution >= 4 is 34.4 Å². The molecule has 4 aromatic rings. The fraction of sp³-hybridized carbons (Fsp3) is 0.238. The Morgan fingerprint density at radius 3 is 2.67 bits per heavy atom. The maximum Gasteiger partial charge on any atom is 0.231 e. The van der Waals surface area contributed by atoms with E-state index in [1.165, 1.54) is 5.56 Å². The largest absolute Gasteiger partial charge is 0.378 e. The van der Waals surface area contributed by atoms with Crippen LogP contribution in [0, 0.1) is 0 Å². The molecule has 0 radical (unpaired) electrons. The molecule has 3 aromatic heterocycles. The fourth-order valence-electron chi connectivity index (χ4n) is 3.37. The number of hydrogen-bond donors (Lipinski definition) is 3. The number of aromatic nitrogens is 5. The predicted octanol–water partition coefficient (Wildman–Crippen LogP) is 2.94. The van der Waals surface area contributed by atoms with Gasteiger partial charge >= 0.3 is 0 Å². The fourth-order valence-corrected chi connectivity index (χ4v) is 3.37. The summed E-state index contributed by atoms with van der Waals surface area (Å²) in [7, 11) is 0. The van der Waals surface area contributed by atoms with Gasteiger partial charge in [-0.3, -0.25) is 0 Å². The highest BCUT2D eigenvalue weighted by Crippen LogP contribution is 2.22. The number of morpholine rings is 1. The summed E-state index contributed by atoms with van der Waals surface area (Å²) < 4.78 is 5.40. The van der Waals surface area contributed by atoms with Crippen LogP contribution in [0.3, 0.4) is 0 Å². The van der Waals surface area contributed by atoms with Gasteiger partial charge in [0.2, 0.25) is 5.95 Å². The van der Waals surface area contributed by atoms with Gasteiger partial charge in [-0.05, 0) is 17.7 Å². The molecule has 0 atom stereocenters. The molecule has 1 saturated heterocycles. The molecule has 0 aliphatic carbocycles. The van der Waals surface area contributed by atoms with Crippen molar-refractivity contribution in [3.8, 4) is 0 Å². The average molecular weight is 402 g/mol. The van der Waals surface area contributed by atoms with E-state index in [2.05, 4.69) is 52.6 Å². The Morgan fingerprint density at radius 1 is 1.00 bits per heavy atom. The lowest BCUT2D eigenvalue weighted by Crippen LogP contribution is -2.36. The van der Waals surface area contributed by atoms with E-state index in [0.717, 1.165) is 43.3 Å². The number of nitrogens with zero attached hydrogens (tertiary/aromatic N) is 5. The molecule has 9 heteroatoms. The number of aromatic amines is 1.